The molecule has 0 amide bonds. The van der Waals surface area contributed by atoms with Crippen LogP contribution in [0.2, 0.25) is 0 Å². The third-order valence-corrected chi connectivity index (χ3v) is 3.75. The number of allylic oxidation sites excluding steroid dienone is 4. The summed E-state index contributed by atoms with van der Waals surface area (Å²) in [5.74, 6) is -4.78. The third-order valence-electron chi connectivity index (χ3n) is 3.75. The molecular weight excluding hydrogens is 416 g/mol. The molecule has 0 saturated carbocycles. The van der Waals surface area contributed by atoms with E-state index in [1.54, 1.807) is 13.2 Å². The quantitative estimate of drug-likeness (QED) is 0.366. The Balaban J connectivity index is 3.47. The summed E-state index contributed by atoms with van der Waals surface area (Å²) in [5, 5.41) is 7.55. The van der Waals surface area contributed by atoms with E-state index in [2.05, 4.69) is 16.6 Å². The van der Waals surface area contributed by atoms with Crippen LogP contribution in [0.15, 0.2) is 53.0 Å². The van der Waals surface area contributed by atoms with Crippen LogP contribution >= 0.6 is 0 Å². The first-order chi connectivity index (χ1) is 13.9. The van der Waals surface area contributed by atoms with Gasteiger partial charge in [0.15, 0.2) is 0 Å². The normalized spacial score (nSPS) is 14.3. The third kappa shape index (κ3) is 6.22. The van der Waals surface area contributed by atoms with Gasteiger partial charge < -0.3 is 19.6 Å². The topological polar surface area (TPSA) is 66.5 Å². The van der Waals surface area contributed by atoms with E-state index < -0.39 is 25.3 Å². The Morgan fingerprint density at radius 2 is 2.00 bits per heavy atom. The van der Waals surface area contributed by atoms with Crippen molar-refractivity contribution >= 4 is 6.21 Å². The maximum absolute atomic E-state index is 13.7. The Kier molecular flexibility index (Phi) is 8.43. The van der Waals surface area contributed by atoms with Gasteiger partial charge in [0.05, 0.1) is 19.4 Å². The average Bonchev–Trinajstić information content (AvgIpc) is 2.66. The van der Waals surface area contributed by atoms with E-state index in [0.29, 0.717) is 11.1 Å². The van der Waals surface area contributed by atoms with Crippen LogP contribution in [-0.2, 0) is 7.05 Å². The van der Waals surface area contributed by atoms with Gasteiger partial charge in [-0.1, -0.05) is 12.7 Å². The largest absolute Gasteiger partial charge is 0.481 e. The minimum atomic E-state index is -5.73. The number of ether oxygens (including phenoxy) is 1. The lowest BCUT2D eigenvalue weighted by Gasteiger charge is -2.25. The van der Waals surface area contributed by atoms with E-state index in [9.17, 15) is 26.3 Å². The van der Waals surface area contributed by atoms with Gasteiger partial charge in [-0.15, -0.1) is 0 Å². The molecule has 0 aliphatic carbocycles. The highest BCUT2D eigenvalue weighted by Gasteiger charge is 2.57. The van der Waals surface area contributed by atoms with E-state index >= 15 is 0 Å². The van der Waals surface area contributed by atoms with Crippen LogP contribution in [0.1, 0.15) is 0 Å². The molecule has 0 aliphatic heterocycles. The van der Waals surface area contributed by atoms with Gasteiger partial charge in [0.2, 0.25) is 11.5 Å². The van der Waals surface area contributed by atoms with Gasteiger partial charge in [-0.25, -0.2) is 9.38 Å². The highest BCUT2D eigenvalue weighted by Crippen LogP contribution is 2.36. The van der Waals surface area contributed by atoms with Crippen molar-refractivity contribution in [2.24, 2.45) is 12.0 Å². The van der Waals surface area contributed by atoms with Crippen molar-refractivity contribution in [3.05, 3.63) is 53.6 Å². The number of hydrogen-bond acceptors (Lipinski definition) is 5. The van der Waals surface area contributed by atoms with Crippen molar-refractivity contribution in [3.63, 3.8) is 0 Å². The van der Waals surface area contributed by atoms with Gasteiger partial charge in [-0.05, 0) is 0 Å². The van der Waals surface area contributed by atoms with Gasteiger partial charge in [0.1, 0.15) is 6.67 Å². The molecule has 0 fully saturated rings. The summed E-state index contributed by atoms with van der Waals surface area (Å²) in [6.07, 6.45) is -1.50. The van der Waals surface area contributed by atoms with Crippen molar-refractivity contribution in [2.45, 2.75) is 12.1 Å². The summed E-state index contributed by atoms with van der Waals surface area (Å²) in [6.45, 7) is 0.607. The molecule has 0 saturated heterocycles. The summed E-state index contributed by atoms with van der Waals surface area (Å²) < 4.78 is 83.9. The maximum Gasteiger partial charge on any atom is 0.455 e. The molecule has 0 atom stereocenters. The number of nitrogens with zero attached hydrogens (tertiary/aromatic N) is 4. The van der Waals surface area contributed by atoms with Gasteiger partial charge in [-0.3, -0.25) is 0 Å². The molecule has 12 heteroatoms. The van der Waals surface area contributed by atoms with Crippen LogP contribution in [0.5, 0.6) is 5.88 Å². The number of aromatic nitrogens is 2. The monoisotopic (exact) mass is 437 g/mol. The van der Waals surface area contributed by atoms with E-state index in [1.807, 2.05) is 0 Å². The predicted octanol–water partition coefficient (Wildman–Crippen LogP) is 3.40. The van der Waals surface area contributed by atoms with Crippen molar-refractivity contribution in [2.75, 3.05) is 27.4 Å². The highest BCUT2D eigenvalue weighted by atomic mass is 19.4. The Morgan fingerprint density at radius 1 is 1.37 bits per heavy atom. The van der Waals surface area contributed by atoms with E-state index in [0.717, 1.165) is 19.3 Å². The van der Waals surface area contributed by atoms with Crippen LogP contribution in [0.25, 0.3) is 0 Å². The molecule has 0 aliphatic rings. The van der Waals surface area contributed by atoms with E-state index in [1.165, 1.54) is 17.7 Å². The van der Waals surface area contributed by atoms with Gasteiger partial charge in [-0.2, -0.15) is 26.9 Å². The second kappa shape index (κ2) is 10.1. The van der Waals surface area contributed by atoms with Crippen LogP contribution in [0.4, 0.5) is 26.3 Å². The second-order valence-electron chi connectivity index (χ2n) is 6.04. The fourth-order valence-electron chi connectivity index (χ4n) is 2.21. The zero-order chi connectivity index (χ0) is 23.1. The highest BCUT2D eigenvalue weighted by molar-refractivity contribution is 5.84. The minimum Gasteiger partial charge on any atom is -0.481 e. The molecule has 1 N–H and O–H groups in total. The molecule has 0 aromatic carbocycles. The molecule has 0 unspecified atom stereocenters. The summed E-state index contributed by atoms with van der Waals surface area (Å²) in [6, 6.07) is 1.53. The molecule has 0 bridgehead atoms. The number of halogens is 6. The molecule has 1 aromatic heterocycles. The van der Waals surface area contributed by atoms with Gasteiger partial charge >= 0.3 is 12.1 Å². The molecular formula is C18H21F6N5O. The van der Waals surface area contributed by atoms with E-state index in [4.69, 9.17) is 10.1 Å². The number of methoxy groups -OCH3 is 1. The standard InChI is InChI=1S/C18H21F6N5O/c1-5-12(10-28(2)11-17(20,21)18(22,23)24)13(9-25)14(8-19)26-16-27-15(30-4)6-7-29(16)3/h5-7,9-10,25H,1,8,11H2,2-4H3/b12-10+,14-13+,25-9?,26-16?. The van der Waals surface area contributed by atoms with Crippen molar-refractivity contribution in [1.82, 2.24) is 14.5 Å². The van der Waals surface area contributed by atoms with E-state index in [-0.39, 0.29) is 28.3 Å². The zero-order valence-electron chi connectivity index (χ0n) is 16.5. The van der Waals surface area contributed by atoms with Crippen LogP contribution in [0, 0.1) is 5.41 Å². The fraction of sp³-hybridized carbons (Fsp3) is 0.389. The Bertz CT molecular complexity index is 901. The lowest BCUT2D eigenvalue weighted by Crippen LogP contribution is -2.44. The molecule has 30 heavy (non-hydrogen) atoms. The van der Waals surface area contributed by atoms with Crippen molar-refractivity contribution in [1.29, 1.82) is 5.41 Å². The van der Waals surface area contributed by atoms with Crippen molar-refractivity contribution in [3.8, 4) is 5.88 Å². The summed E-state index contributed by atoms with van der Waals surface area (Å²) >= 11 is 0. The first kappa shape index (κ1) is 25.0. The number of aryl methyl sites for hydroxylation is 1. The number of rotatable bonds is 9. The molecule has 166 valence electrons. The van der Waals surface area contributed by atoms with Gasteiger partial charge in [0.25, 0.3) is 0 Å². The SMILES string of the molecule is C=CC(=C\N(C)CC(F)(F)C(F)(F)F)/C(C=N)=C(\CF)N=c1nc(OC)ccn1C. The molecule has 1 heterocycles. The molecule has 0 radical (unpaired) electrons. The lowest BCUT2D eigenvalue weighted by molar-refractivity contribution is -0.284. The first-order valence-corrected chi connectivity index (χ1v) is 8.31. The van der Waals surface area contributed by atoms with Crippen LogP contribution in [0.3, 0.4) is 0 Å². The summed E-state index contributed by atoms with van der Waals surface area (Å²) in [5.41, 5.74) is -0.531. The molecule has 0 spiro atoms. The predicted molar refractivity (Wildman–Crippen MR) is 99.0 cm³/mol. The Hall–Kier alpha value is -3.05. The second-order valence-corrected chi connectivity index (χ2v) is 6.04. The molecule has 6 nitrogen and oxygen atoms in total. The number of hydrogen-bond donors (Lipinski definition) is 1. The molecule has 1 aromatic rings. The lowest BCUT2D eigenvalue weighted by atomic mass is 10.1. The summed E-state index contributed by atoms with van der Waals surface area (Å²) in [7, 11) is 3.93. The number of nitrogens with one attached hydrogen (secondary N) is 1. The van der Waals surface area contributed by atoms with Crippen molar-refractivity contribution < 1.29 is 31.1 Å². The molecule has 1 rings (SSSR count). The van der Waals surface area contributed by atoms with Crippen LogP contribution < -0.4 is 10.4 Å². The smallest absolute Gasteiger partial charge is 0.455 e. The first-order valence-electron chi connectivity index (χ1n) is 8.31. The fourth-order valence-corrected chi connectivity index (χ4v) is 2.21. The zero-order valence-corrected chi connectivity index (χ0v) is 16.5. The Morgan fingerprint density at radius 3 is 2.47 bits per heavy atom. The Labute approximate surface area is 169 Å². The maximum atomic E-state index is 13.7. The van der Waals surface area contributed by atoms with Gasteiger partial charge in [0, 0.05) is 49.9 Å². The van der Waals surface area contributed by atoms with Crippen LogP contribution in [-0.4, -0.2) is 60.1 Å². The number of alkyl halides is 6. The summed E-state index contributed by atoms with van der Waals surface area (Å²) in [4.78, 5) is 8.65. The average molecular weight is 437 g/mol. The minimum absolute atomic E-state index is 0.0155.